The van der Waals surface area contributed by atoms with E-state index in [1.54, 1.807) is 6.07 Å². The van der Waals surface area contributed by atoms with E-state index in [2.05, 4.69) is 0 Å². The molecule has 0 aliphatic rings. The molecule has 0 amide bonds. The van der Waals surface area contributed by atoms with Crippen molar-refractivity contribution >= 4 is 23.2 Å². The Hall–Kier alpha value is -0.640. The quantitative estimate of drug-likeness (QED) is 0.889. The lowest BCUT2D eigenvalue weighted by Crippen LogP contribution is -1.95. The summed E-state index contributed by atoms with van der Waals surface area (Å²) in [5, 5.41) is 9.67. The van der Waals surface area contributed by atoms with Crippen LogP contribution in [0.5, 0.6) is 11.5 Å². The molecule has 0 unspecified atom stereocenters. The maximum atomic E-state index is 9.06. The summed E-state index contributed by atoms with van der Waals surface area (Å²) in [6.07, 6.45) is 0. The molecular weight excluding hydrogens is 275 g/mol. The molecule has 106 valence electrons. The molecule has 1 rings (SSSR count). The van der Waals surface area contributed by atoms with E-state index >= 15 is 0 Å². The molecule has 1 aromatic rings. The Balaban J connectivity index is 0. The van der Waals surface area contributed by atoms with Crippen molar-refractivity contribution in [3.05, 3.63) is 21.7 Å². The number of hydrogen-bond acceptors (Lipinski definition) is 3. The largest absolute Gasteiger partial charge is 0.495 e. The van der Waals surface area contributed by atoms with Gasteiger partial charge in [0.15, 0.2) is 0 Å². The van der Waals surface area contributed by atoms with Crippen molar-refractivity contribution in [2.45, 2.75) is 34.3 Å². The fourth-order valence-corrected chi connectivity index (χ4v) is 1.70. The van der Waals surface area contributed by atoms with Crippen molar-refractivity contribution < 1.29 is 14.6 Å². The van der Waals surface area contributed by atoms with E-state index in [9.17, 15) is 0 Å². The number of methoxy groups -OCH3 is 2. The molecule has 0 bridgehead atoms. The van der Waals surface area contributed by atoms with Crippen LogP contribution in [0.2, 0.25) is 10.0 Å². The van der Waals surface area contributed by atoms with E-state index in [4.69, 9.17) is 37.8 Å². The van der Waals surface area contributed by atoms with Gasteiger partial charge in [0.2, 0.25) is 0 Å². The van der Waals surface area contributed by atoms with Gasteiger partial charge in [0.25, 0.3) is 0 Å². The Morgan fingerprint density at radius 2 is 1.28 bits per heavy atom. The first kappa shape index (κ1) is 19.7. The third-order valence-electron chi connectivity index (χ3n) is 1.82. The van der Waals surface area contributed by atoms with Crippen LogP contribution < -0.4 is 9.47 Å². The molecular formula is C13H22Cl2O3. The van der Waals surface area contributed by atoms with Gasteiger partial charge in [0, 0.05) is 11.6 Å². The number of hydrogen-bond donors (Lipinski definition) is 1. The van der Waals surface area contributed by atoms with Gasteiger partial charge in [-0.3, -0.25) is 0 Å². The van der Waals surface area contributed by atoms with Crippen LogP contribution in [0.25, 0.3) is 0 Å². The van der Waals surface area contributed by atoms with Crippen molar-refractivity contribution in [2.75, 3.05) is 14.2 Å². The third-order valence-corrected chi connectivity index (χ3v) is 2.65. The average Bonchev–Trinajstić information content (AvgIpc) is 2.44. The van der Waals surface area contributed by atoms with E-state index in [0.29, 0.717) is 27.1 Å². The second-order valence-corrected chi connectivity index (χ2v) is 3.30. The van der Waals surface area contributed by atoms with E-state index in [1.165, 1.54) is 14.2 Å². The van der Waals surface area contributed by atoms with Crippen LogP contribution in [0.1, 0.15) is 33.3 Å². The number of halogens is 2. The zero-order valence-electron chi connectivity index (χ0n) is 11.8. The van der Waals surface area contributed by atoms with Crippen LogP contribution in [0.4, 0.5) is 0 Å². The van der Waals surface area contributed by atoms with Crippen LogP contribution in [0.15, 0.2) is 6.07 Å². The fraction of sp³-hybridized carbons (Fsp3) is 0.538. The second kappa shape index (κ2) is 11.5. The molecule has 0 saturated heterocycles. The molecule has 1 aromatic carbocycles. The smallest absolute Gasteiger partial charge is 0.141 e. The average molecular weight is 297 g/mol. The Morgan fingerprint density at radius 3 is 1.50 bits per heavy atom. The van der Waals surface area contributed by atoms with E-state index < -0.39 is 0 Å². The van der Waals surface area contributed by atoms with Crippen LogP contribution in [0, 0.1) is 0 Å². The third kappa shape index (κ3) is 4.92. The van der Waals surface area contributed by atoms with Gasteiger partial charge in [-0.05, 0) is 0 Å². The first-order valence-corrected chi connectivity index (χ1v) is 6.61. The van der Waals surface area contributed by atoms with Crippen LogP contribution in [0.3, 0.4) is 0 Å². The van der Waals surface area contributed by atoms with Crippen LogP contribution in [-0.2, 0) is 6.61 Å². The highest BCUT2D eigenvalue weighted by Crippen LogP contribution is 2.40. The number of rotatable bonds is 3. The van der Waals surface area contributed by atoms with Gasteiger partial charge in [-0.1, -0.05) is 50.9 Å². The molecule has 3 nitrogen and oxygen atoms in total. The van der Waals surface area contributed by atoms with E-state index in [-0.39, 0.29) is 6.61 Å². The second-order valence-electron chi connectivity index (χ2n) is 2.55. The Bertz CT molecular complexity index is 313. The lowest BCUT2D eigenvalue weighted by Gasteiger charge is -2.12. The molecule has 0 aromatic heterocycles. The highest BCUT2D eigenvalue weighted by molar-refractivity contribution is 6.37. The molecule has 1 N–H and O–H groups in total. The molecule has 18 heavy (non-hydrogen) atoms. The molecule has 0 aliphatic carbocycles. The lowest BCUT2D eigenvalue weighted by atomic mass is 10.2. The fourth-order valence-electron chi connectivity index (χ4n) is 1.08. The summed E-state index contributed by atoms with van der Waals surface area (Å²) in [6.45, 7) is 7.74. The molecule has 0 saturated carbocycles. The molecule has 5 heteroatoms. The lowest BCUT2D eigenvalue weighted by molar-refractivity contribution is 0.280. The standard InChI is InChI=1S/C9H10Cl2O3.2C2H6/c1-13-6-3-7(14-2)9(11)5(4-12)8(6)10;2*1-2/h3,12H,4H2,1-2H3;2*1-2H3. The summed E-state index contributed by atoms with van der Waals surface area (Å²) in [7, 11) is 2.96. The van der Waals surface area contributed by atoms with Gasteiger partial charge < -0.3 is 14.6 Å². The van der Waals surface area contributed by atoms with Crippen LogP contribution >= 0.6 is 23.2 Å². The van der Waals surface area contributed by atoms with Gasteiger partial charge in [-0.15, -0.1) is 0 Å². The summed E-state index contributed by atoms with van der Waals surface area (Å²) in [4.78, 5) is 0. The highest BCUT2D eigenvalue weighted by Gasteiger charge is 2.15. The van der Waals surface area contributed by atoms with Crippen molar-refractivity contribution in [3.8, 4) is 11.5 Å². The summed E-state index contributed by atoms with van der Waals surface area (Å²) < 4.78 is 10.0. The molecule has 0 fully saturated rings. The minimum absolute atomic E-state index is 0.259. The van der Waals surface area contributed by atoms with Crippen LogP contribution in [-0.4, -0.2) is 19.3 Å². The van der Waals surface area contributed by atoms with Crippen molar-refractivity contribution in [1.29, 1.82) is 0 Å². The predicted molar refractivity (Wildman–Crippen MR) is 78.2 cm³/mol. The van der Waals surface area contributed by atoms with E-state index in [0.717, 1.165) is 0 Å². The normalized spacial score (nSPS) is 8.50. The first-order chi connectivity index (χ1) is 8.65. The summed E-state index contributed by atoms with van der Waals surface area (Å²) in [6, 6.07) is 1.57. The molecule has 0 aliphatic heterocycles. The SMILES string of the molecule is CC.CC.COc1cc(OC)c(Cl)c(CO)c1Cl. The van der Waals surface area contributed by atoms with Crippen molar-refractivity contribution in [1.82, 2.24) is 0 Å². The zero-order chi connectivity index (χ0) is 14.7. The summed E-state index contributed by atoms with van der Waals surface area (Å²) in [5.41, 5.74) is 0.407. The number of aliphatic hydroxyl groups excluding tert-OH is 1. The maximum Gasteiger partial charge on any atom is 0.141 e. The minimum atomic E-state index is -0.259. The number of benzene rings is 1. The molecule has 0 spiro atoms. The number of aliphatic hydroxyl groups is 1. The summed E-state index contributed by atoms with van der Waals surface area (Å²) >= 11 is 11.8. The minimum Gasteiger partial charge on any atom is -0.495 e. The van der Waals surface area contributed by atoms with Crippen molar-refractivity contribution in [3.63, 3.8) is 0 Å². The Kier molecular flexibility index (Phi) is 12.5. The first-order valence-electron chi connectivity index (χ1n) is 5.85. The van der Waals surface area contributed by atoms with Gasteiger partial charge in [-0.2, -0.15) is 0 Å². The molecule has 0 radical (unpaired) electrons. The van der Waals surface area contributed by atoms with Gasteiger partial charge in [0.05, 0.1) is 30.9 Å². The Labute approximate surface area is 120 Å². The highest BCUT2D eigenvalue weighted by atomic mass is 35.5. The predicted octanol–water partition coefficient (Wildman–Crippen LogP) is 4.56. The van der Waals surface area contributed by atoms with Gasteiger partial charge >= 0.3 is 0 Å². The van der Waals surface area contributed by atoms with Gasteiger partial charge in [0.1, 0.15) is 11.5 Å². The summed E-state index contributed by atoms with van der Waals surface area (Å²) in [5.74, 6) is 0.855. The van der Waals surface area contributed by atoms with Gasteiger partial charge in [-0.25, -0.2) is 0 Å². The zero-order valence-corrected chi connectivity index (χ0v) is 13.3. The van der Waals surface area contributed by atoms with Crippen molar-refractivity contribution in [2.24, 2.45) is 0 Å². The number of ether oxygens (including phenoxy) is 2. The topological polar surface area (TPSA) is 38.7 Å². The molecule has 0 atom stereocenters. The maximum absolute atomic E-state index is 9.06. The van der Waals surface area contributed by atoms with E-state index in [1.807, 2.05) is 27.7 Å². The monoisotopic (exact) mass is 296 g/mol. The molecule has 0 heterocycles. The Morgan fingerprint density at radius 1 is 0.944 bits per heavy atom.